The van der Waals surface area contributed by atoms with Crippen LogP contribution in [0.1, 0.15) is 26.0 Å². The molecule has 0 aromatic carbocycles. The van der Waals surface area contributed by atoms with E-state index in [1.807, 2.05) is 0 Å². The van der Waals surface area contributed by atoms with E-state index in [-0.39, 0.29) is 25.0 Å². The molecule has 23 heavy (non-hydrogen) atoms. The van der Waals surface area contributed by atoms with Crippen LogP contribution in [-0.2, 0) is 20.7 Å². The molecule has 0 radical (unpaired) electrons. The molecule has 8 nitrogen and oxygen atoms in total. The van der Waals surface area contributed by atoms with Gasteiger partial charge in [-0.05, 0) is 20.3 Å². The van der Waals surface area contributed by atoms with E-state index in [1.54, 1.807) is 19.2 Å². The summed E-state index contributed by atoms with van der Waals surface area (Å²) in [7, 11) is 0. The molecular weight excluding hydrogens is 322 g/mol. The lowest BCUT2D eigenvalue weighted by atomic mass is 9.90. The standard InChI is InChI=1S/C14H19N3O5S/c1-3-22-10(18)6-9-7-23-12(15-9)16-13(21)17-5-4-14(2,8-17)11(19)20/h7H,3-6,8H2,1-2H3,(H,19,20)(H,15,16,21). The Morgan fingerprint density at radius 2 is 2.26 bits per heavy atom. The van der Waals surface area contributed by atoms with Gasteiger partial charge < -0.3 is 14.7 Å². The number of anilines is 1. The molecule has 1 atom stereocenters. The van der Waals surface area contributed by atoms with Crippen LogP contribution in [0.4, 0.5) is 9.93 Å². The van der Waals surface area contributed by atoms with E-state index >= 15 is 0 Å². The van der Waals surface area contributed by atoms with E-state index in [2.05, 4.69) is 10.3 Å². The molecule has 126 valence electrons. The zero-order valence-electron chi connectivity index (χ0n) is 13.0. The number of nitrogens with zero attached hydrogens (tertiary/aromatic N) is 2. The first-order chi connectivity index (χ1) is 10.8. The summed E-state index contributed by atoms with van der Waals surface area (Å²) in [5, 5.41) is 13.9. The van der Waals surface area contributed by atoms with Crippen LogP contribution in [0.2, 0.25) is 0 Å². The normalized spacial score (nSPS) is 20.3. The van der Waals surface area contributed by atoms with Crippen LogP contribution in [-0.4, -0.2) is 52.7 Å². The number of amides is 2. The van der Waals surface area contributed by atoms with Crippen molar-refractivity contribution in [2.24, 2.45) is 5.41 Å². The SMILES string of the molecule is CCOC(=O)Cc1csc(NC(=O)N2CCC(C)(C(=O)O)C2)n1. The van der Waals surface area contributed by atoms with Crippen molar-refractivity contribution >= 4 is 34.4 Å². The molecule has 2 heterocycles. The first-order valence-corrected chi connectivity index (χ1v) is 8.11. The Morgan fingerprint density at radius 1 is 1.52 bits per heavy atom. The maximum absolute atomic E-state index is 12.2. The van der Waals surface area contributed by atoms with Crippen LogP contribution in [0.15, 0.2) is 5.38 Å². The summed E-state index contributed by atoms with van der Waals surface area (Å²) in [5.41, 5.74) is -0.379. The molecule has 1 aliphatic rings. The van der Waals surface area contributed by atoms with Crippen molar-refractivity contribution in [3.8, 4) is 0 Å². The average molecular weight is 341 g/mol. The molecular formula is C14H19N3O5S. The average Bonchev–Trinajstić information content (AvgIpc) is 3.07. The van der Waals surface area contributed by atoms with Crippen molar-refractivity contribution < 1.29 is 24.2 Å². The highest BCUT2D eigenvalue weighted by Crippen LogP contribution is 2.30. The van der Waals surface area contributed by atoms with E-state index in [1.165, 1.54) is 16.2 Å². The van der Waals surface area contributed by atoms with Gasteiger partial charge in [0.15, 0.2) is 5.13 Å². The van der Waals surface area contributed by atoms with E-state index in [4.69, 9.17) is 4.74 Å². The van der Waals surface area contributed by atoms with Crippen LogP contribution >= 0.6 is 11.3 Å². The number of carbonyl (C=O) groups excluding carboxylic acids is 2. The Kier molecular flexibility index (Phi) is 5.19. The minimum absolute atomic E-state index is 0.0566. The lowest BCUT2D eigenvalue weighted by Crippen LogP contribution is -2.37. The smallest absolute Gasteiger partial charge is 0.323 e. The highest BCUT2D eigenvalue weighted by atomic mass is 32.1. The third-order valence-corrected chi connectivity index (χ3v) is 4.48. The van der Waals surface area contributed by atoms with Gasteiger partial charge in [-0.15, -0.1) is 11.3 Å². The van der Waals surface area contributed by atoms with Gasteiger partial charge in [0.1, 0.15) is 0 Å². The second kappa shape index (κ2) is 6.95. The van der Waals surface area contributed by atoms with Crippen molar-refractivity contribution in [3.63, 3.8) is 0 Å². The summed E-state index contributed by atoms with van der Waals surface area (Å²) in [6.07, 6.45) is 0.475. The number of likely N-dealkylation sites (tertiary alicyclic amines) is 1. The molecule has 1 aromatic rings. The largest absolute Gasteiger partial charge is 0.481 e. The zero-order chi connectivity index (χ0) is 17.0. The van der Waals surface area contributed by atoms with Crippen LogP contribution in [0.5, 0.6) is 0 Å². The van der Waals surface area contributed by atoms with Gasteiger partial charge in [0.25, 0.3) is 0 Å². The first-order valence-electron chi connectivity index (χ1n) is 7.23. The fourth-order valence-corrected chi connectivity index (χ4v) is 2.98. The number of nitrogens with one attached hydrogen (secondary N) is 1. The Hall–Kier alpha value is -2.16. The lowest BCUT2D eigenvalue weighted by molar-refractivity contribution is -0.147. The highest BCUT2D eigenvalue weighted by Gasteiger charge is 2.42. The van der Waals surface area contributed by atoms with E-state index in [0.29, 0.717) is 30.4 Å². The summed E-state index contributed by atoms with van der Waals surface area (Å²) < 4.78 is 4.84. The fourth-order valence-electron chi connectivity index (χ4n) is 2.29. The van der Waals surface area contributed by atoms with Crippen molar-refractivity contribution in [1.82, 2.24) is 9.88 Å². The number of ether oxygens (including phenoxy) is 1. The molecule has 0 saturated carbocycles. The van der Waals surface area contributed by atoms with Crippen molar-refractivity contribution in [3.05, 3.63) is 11.1 Å². The molecule has 2 amide bonds. The van der Waals surface area contributed by atoms with Crippen molar-refractivity contribution in [1.29, 1.82) is 0 Å². The predicted octanol–water partition coefficient (Wildman–Crippen LogP) is 1.58. The Bertz CT molecular complexity index is 617. The Balaban J connectivity index is 1.90. The monoisotopic (exact) mass is 341 g/mol. The fraction of sp³-hybridized carbons (Fsp3) is 0.571. The molecule has 0 spiro atoms. The van der Waals surface area contributed by atoms with Gasteiger partial charge in [-0.3, -0.25) is 14.9 Å². The number of aliphatic carboxylic acids is 1. The molecule has 1 unspecified atom stereocenters. The van der Waals surface area contributed by atoms with Crippen molar-refractivity contribution in [2.75, 3.05) is 25.0 Å². The predicted molar refractivity (Wildman–Crippen MR) is 83.4 cm³/mol. The number of rotatable bonds is 5. The number of carbonyl (C=O) groups is 3. The summed E-state index contributed by atoms with van der Waals surface area (Å²) in [5.74, 6) is -1.27. The van der Waals surface area contributed by atoms with E-state index in [9.17, 15) is 19.5 Å². The molecule has 1 fully saturated rings. The molecule has 9 heteroatoms. The van der Waals surface area contributed by atoms with Gasteiger partial charge in [-0.25, -0.2) is 9.78 Å². The van der Waals surface area contributed by atoms with E-state index < -0.39 is 11.4 Å². The number of carboxylic acid groups (broad SMARTS) is 1. The van der Waals surface area contributed by atoms with Gasteiger partial charge in [0, 0.05) is 18.5 Å². The lowest BCUT2D eigenvalue weighted by Gasteiger charge is -2.19. The van der Waals surface area contributed by atoms with Crippen molar-refractivity contribution in [2.45, 2.75) is 26.7 Å². The summed E-state index contributed by atoms with van der Waals surface area (Å²) in [4.78, 5) is 40.3. The topological polar surface area (TPSA) is 109 Å². The van der Waals surface area contributed by atoms with Gasteiger partial charge in [-0.2, -0.15) is 0 Å². The van der Waals surface area contributed by atoms with E-state index in [0.717, 1.165) is 0 Å². The van der Waals surface area contributed by atoms with Crippen LogP contribution < -0.4 is 5.32 Å². The molecule has 2 rings (SSSR count). The van der Waals surface area contributed by atoms with Crippen LogP contribution in [0.25, 0.3) is 0 Å². The number of hydrogen-bond acceptors (Lipinski definition) is 6. The van der Waals surface area contributed by atoms with Gasteiger partial charge >= 0.3 is 18.0 Å². The number of esters is 1. The number of carboxylic acids is 1. The second-order valence-electron chi connectivity index (χ2n) is 5.59. The maximum Gasteiger partial charge on any atom is 0.323 e. The number of aromatic nitrogens is 1. The minimum Gasteiger partial charge on any atom is -0.481 e. The molecule has 0 bridgehead atoms. The Labute approximate surface area is 137 Å². The van der Waals surface area contributed by atoms with Crippen LogP contribution in [0, 0.1) is 5.41 Å². The Morgan fingerprint density at radius 3 is 2.87 bits per heavy atom. The molecule has 2 N–H and O–H groups in total. The van der Waals surface area contributed by atoms with Gasteiger partial charge in [-0.1, -0.05) is 0 Å². The summed E-state index contributed by atoms with van der Waals surface area (Å²) in [6, 6.07) is -0.382. The number of hydrogen-bond donors (Lipinski definition) is 2. The second-order valence-corrected chi connectivity index (χ2v) is 6.45. The zero-order valence-corrected chi connectivity index (χ0v) is 13.8. The third-order valence-electron chi connectivity index (χ3n) is 3.67. The molecule has 1 saturated heterocycles. The first kappa shape index (κ1) is 17.2. The molecule has 1 aromatic heterocycles. The quantitative estimate of drug-likeness (QED) is 0.787. The molecule has 0 aliphatic carbocycles. The molecule has 1 aliphatic heterocycles. The number of thiazole rings is 1. The summed E-state index contributed by atoms with van der Waals surface area (Å²) in [6.45, 7) is 4.21. The maximum atomic E-state index is 12.2. The number of urea groups is 1. The summed E-state index contributed by atoms with van der Waals surface area (Å²) >= 11 is 1.21. The third kappa shape index (κ3) is 4.19. The highest BCUT2D eigenvalue weighted by molar-refractivity contribution is 7.13. The van der Waals surface area contributed by atoms with Gasteiger partial charge in [0.2, 0.25) is 0 Å². The van der Waals surface area contributed by atoms with Gasteiger partial charge in [0.05, 0.1) is 24.1 Å². The minimum atomic E-state index is -0.907. The van der Waals surface area contributed by atoms with Crippen LogP contribution in [0.3, 0.4) is 0 Å².